The Hall–Kier alpha value is -2.57. The van der Waals surface area contributed by atoms with Crippen LogP contribution < -0.4 is 15.4 Å². The lowest BCUT2D eigenvalue weighted by atomic mass is 10.2. The van der Waals surface area contributed by atoms with Crippen LogP contribution in [0, 0.1) is 13.8 Å². The van der Waals surface area contributed by atoms with Gasteiger partial charge in [0.2, 0.25) is 5.88 Å². The maximum absolute atomic E-state index is 11.8. The molecule has 0 aliphatic heterocycles. The Morgan fingerprint density at radius 3 is 2.83 bits per heavy atom. The van der Waals surface area contributed by atoms with E-state index in [0.717, 1.165) is 29.9 Å². The summed E-state index contributed by atoms with van der Waals surface area (Å²) in [6.45, 7) is 5.83. The van der Waals surface area contributed by atoms with E-state index in [2.05, 4.69) is 20.7 Å². The number of nitrogens with zero attached hydrogens (tertiary/aromatic N) is 3. The largest absolute Gasteiger partial charge is 0.481 e. The van der Waals surface area contributed by atoms with Gasteiger partial charge in [-0.1, -0.05) is 0 Å². The van der Waals surface area contributed by atoms with Gasteiger partial charge in [-0.25, -0.2) is 9.78 Å². The molecule has 7 heteroatoms. The van der Waals surface area contributed by atoms with Gasteiger partial charge in [-0.15, -0.1) is 0 Å². The molecule has 124 valence electrons. The van der Waals surface area contributed by atoms with Crippen LogP contribution in [-0.2, 0) is 13.1 Å². The summed E-state index contributed by atoms with van der Waals surface area (Å²) in [7, 11) is 1.56. The molecule has 0 aliphatic rings. The predicted octanol–water partition coefficient (Wildman–Crippen LogP) is 1.79. The van der Waals surface area contributed by atoms with Gasteiger partial charge in [0, 0.05) is 37.6 Å². The molecular weight excluding hydrogens is 294 g/mol. The number of aromatic nitrogens is 3. The number of urea groups is 1. The molecule has 2 N–H and O–H groups in total. The third-order valence-electron chi connectivity index (χ3n) is 3.40. The Bertz CT molecular complexity index is 654. The minimum atomic E-state index is -0.186. The van der Waals surface area contributed by atoms with Crippen LogP contribution in [0.1, 0.15) is 23.4 Å². The summed E-state index contributed by atoms with van der Waals surface area (Å²) in [6, 6.07) is 5.49. The Kier molecular flexibility index (Phi) is 5.96. The Labute approximate surface area is 136 Å². The summed E-state index contributed by atoms with van der Waals surface area (Å²) in [5, 5.41) is 10.0. The van der Waals surface area contributed by atoms with Crippen molar-refractivity contribution < 1.29 is 9.53 Å². The summed E-state index contributed by atoms with van der Waals surface area (Å²) in [5.41, 5.74) is 3.09. The molecule has 0 atom stereocenters. The number of amides is 2. The second kappa shape index (κ2) is 8.17. The number of methoxy groups -OCH3 is 1. The molecule has 0 radical (unpaired) electrons. The standard InChI is InChI=1S/C16H23N5O2/c1-12-9-13(2)21(20-12)8-4-6-18-16(22)19-11-14-5-7-17-15(10-14)23-3/h5,7,9-10H,4,6,8,11H2,1-3H3,(H2,18,19,22). The quantitative estimate of drug-likeness (QED) is 0.763. The smallest absolute Gasteiger partial charge is 0.315 e. The Morgan fingerprint density at radius 2 is 2.13 bits per heavy atom. The molecule has 0 saturated heterocycles. The van der Waals surface area contributed by atoms with Crippen molar-refractivity contribution in [2.24, 2.45) is 0 Å². The molecule has 0 bridgehead atoms. The minimum Gasteiger partial charge on any atom is -0.481 e. The van der Waals surface area contributed by atoms with Gasteiger partial charge >= 0.3 is 6.03 Å². The van der Waals surface area contributed by atoms with Crippen LogP contribution in [0.2, 0.25) is 0 Å². The molecule has 2 amide bonds. The van der Waals surface area contributed by atoms with Crippen molar-refractivity contribution in [3.05, 3.63) is 41.3 Å². The van der Waals surface area contributed by atoms with Crippen LogP contribution in [0.3, 0.4) is 0 Å². The second-order valence-electron chi connectivity index (χ2n) is 5.32. The topological polar surface area (TPSA) is 81.1 Å². The molecule has 0 aliphatic carbocycles. The fourth-order valence-electron chi connectivity index (χ4n) is 2.25. The van der Waals surface area contributed by atoms with E-state index >= 15 is 0 Å². The van der Waals surface area contributed by atoms with Crippen molar-refractivity contribution in [3.63, 3.8) is 0 Å². The molecule has 2 aromatic heterocycles. The van der Waals surface area contributed by atoms with Crippen molar-refractivity contribution in [1.29, 1.82) is 0 Å². The summed E-state index contributed by atoms with van der Waals surface area (Å²) >= 11 is 0. The van der Waals surface area contributed by atoms with E-state index in [1.54, 1.807) is 19.4 Å². The van der Waals surface area contributed by atoms with Gasteiger partial charge in [0.25, 0.3) is 0 Å². The normalized spacial score (nSPS) is 10.4. The molecule has 7 nitrogen and oxygen atoms in total. The highest BCUT2D eigenvalue weighted by Gasteiger charge is 2.03. The first-order valence-corrected chi connectivity index (χ1v) is 7.60. The lowest BCUT2D eigenvalue weighted by Gasteiger charge is -2.09. The van der Waals surface area contributed by atoms with Crippen LogP contribution in [0.5, 0.6) is 5.88 Å². The molecule has 0 fully saturated rings. The van der Waals surface area contributed by atoms with Crippen LogP contribution in [0.4, 0.5) is 4.79 Å². The fourth-order valence-corrected chi connectivity index (χ4v) is 2.25. The first-order valence-electron chi connectivity index (χ1n) is 7.60. The zero-order valence-corrected chi connectivity index (χ0v) is 13.8. The number of hydrogen-bond acceptors (Lipinski definition) is 4. The lowest BCUT2D eigenvalue weighted by Crippen LogP contribution is -2.35. The van der Waals surface area contributed by atoms with Crippen molar-refractivity contribution in [3.8, 4) is 5.88 Å². The van der Waals surface area contributed by atoms with E-state index in [1.165, 1.54) is 0 Å². The molecule has 23 heavy (non-hydrogen) atoms. The average molecular weight is 317 g/mol. The van der Waals surface area contributed by atoms with Gasteiger partial charge in [0.15, 0.2) is 0 Å². The van der Waals surface area contributed by atoms with Crippen molar-refractivity contribution >= 4 is 6.03 Å². The van der Waals surface area contributed by atoms with Crippen LogP contribution >= 0.6 is 0 Å². The molecule has 0 saturated carbocycles. The van der Waals surface area contributed by atoms with Crippen molar-refractivity contribution in [1.82, 2.24) is 25.4 Å². The van der Waals surface area contributed by atoms with Crippen molar-refractivity contribution in [2.75, 3.05) is 13.7 Å². The predicted molar refractivity (Wildman–Crippen MR) is 87.3 cm³/mol. The number of pyridine rings is 1. The number of carbonyl (C=O) groups is 1. The van der Waals surface area contributed by atoms with Gasteiger partial charge in [-0.3, -0.25) is 4.68 Å². The first-order chi connectivity index (χ1) is 11.1. The summed E-state index contributed by atoms with van der Waals surface area (Å²) in [4.78, 5) is 15.8. The monoisotopic (exact) mass is 317 g/mol. The zero-order valence-electron chi connectivity index (χ0n) is 13.8. The highest BCUT2D eigenvalue weighted by Crippen LogP contribution is 2.07. The van der Waals surface area contributed by atoms with E-state index in [-0.39, 0.29) is 6.03 Å². The number of nitrogens with one attached hydrogen (secondary N) is 2. The minimum absolute atomic E-state index is 0.186. The molecular formula is C16H23N5O2. The van der Waals surface area contributed by atoms with Crippen LogP contribution in [0.25, 0.3) is 0 Å². The third kappa shape index (κ3) is 5.28. The summed E-state index contributed by atoms with van der Waals surface area (Å²) < 4.78 is 7.00. The molecule has 0 spiro atoms. The molecule has 2 rings (SSSR count). The summed E-state index contributed by atoms with van der Waals surface area (Å²) in [5.74, 6) is 0.537. The molecule has 2 heterocycles. The lowest BCUT2D eigenvalue weighted by molar-refractivity contribution is 0.240. The van der Waals surface area contributed by atoms with Gasteiger partial charge in [0.1, 0.15) is 0 Å². The number of hydrogen-bond donors (Lipinski definition) is 2. The molecule has 2 aromatic rings. The maximum atomic E-state index is 11.8. The maximum Gasteiger partial charge on any atom is 0.315 e. The number of rotatable bonds is 7. The Morgan fingerprint density at radius 1 is 1.30 bits per heavy atom. The Balaban J connectivity index is 1.66. The molecule has 0 unspecified atom stereocenters. The fraction of sp³-hybridized carbons (Fsp3) is 0.438. The van der Waals surface area contributed by atoms with E-state index in [4.69, 9.17) is 4.74 Å². The van der Waals surface area contributed by atoms with Crippen molar-refractivity contribution in [2.45, 2.75) is 33.4 Å². The second-order valence-corrected chi connectivity index (χ2v) is 5.32. The van der Waals surface area contributed by atoms with Gasteiger partial charge in [0.05, 0.1) is 12.8 Å². The van der Waals surface area contributed by atoms with Gasteiger partial charge in [-0.05, 0) is 38.0 Å². The third-order valence-corrected chi connectivity index (χ3v) is 3.40. The van der Waals surface area contributed by atoms with E-state index in [1.807, 2.05) is 30.7 Å². The number of ether oxygens (including phenoxy) is 1. The molecule has 0 aromatic carbocycles. The van der Waals surface area contributed by atoms with Gasteiger partial charge < -0.3 is 15.4 Å². The highest BCUT2D eigenvalue weighted by atomic mass is 16.5. The van der Waals surface area contributed by atoms with Gasteiger partial charge in [-0.2, -0.15) is 5.10 Å². The zero-order chi connectivity index (χ0) is 16.7. The van der Waals surface area contributed by atoms with Crippen LogP contribution in [0.15, 0.2) is 24.4 Å². The highest BCUT2D eigenvalue weighted by molar-refractivity contribution is 5.73. The SMILES string of the molecule is COc1cc(CNC(=O)NCCCn2nc(C)cc2C)ccn1. The number of aryl methyl sites for hydroxylation is 3. The van der Waals surface area contributed by atoms with E-state index < -0.39 is 0 Å². The van der Waals surface area contributed by atoms with E-state index in [9.17, 15) is 4.79 Å². The summed E-state index contributed by atoms with van der Waals surface area (Å²) in [6.07, 6.45) is 2.49. The van der Waals surface area contributed by atoms with E-state index in [0.29, 0.717) is 19.0 Å². The average Bonchev–Trinajstić information content (AvgIpc) is 2.87. The first kappa shape index (κ1) is 16.8. The van der Waals surface area contributed by atoms with Crippen LogP contribution in [-0.4, -0.2) is 34.5 Å². The number of carbonyl (C=O) groups excluding carboxylic acids is 1.